The third-order valence-corrected chi connectivity index (χ3v) is 5.15. The minimum absolute atomic E-state index is 0.0511. The molecule has 3 N–H and O–H groups in total. The number of aromatic nitrogens is 1. The molecule has 154 valence electrons. The van der Waals surface area contributed by atoms with E-state index in [0.717, 1.165) is 16.3 Å². The number of amides is 3. The molecule has 0 bridgehead atoms. The molecule has 6 nitrogen and oxygen atoms in total. The van der Waals surface area contributed by atoms with E-state index >= 15 is 0 Å². The summed E-state index contributed by atoms with van der Waals surface area (Å²) < 4.78 is 0. The highest BCUT2D eigenvalue weighted by atomic mass is 32.2. The maximum atomic E-state index is 12.5. The van der Waals surface area contributed by atoms with Gasteiger partial charge in [-0.05, 0) is 74.0 Å². The summed E-state index contributed by atoms with van der Waals surface area (Å²) in [7, 11) is 0. The van der Waals surface area contributed by atoms with Gasteiger partial charge in [0.25, 0.3) is 5.91 Å². The Morgan fingerprint density at radius 3 is 2.23 bits per heavy atom. The van der Waals surface area contributed by atoms with Crippen molar-refractivity contribution in [1.82, 2.24) is 10.3 Å². The van der Waals surface area contributed by atoms with E-state index in [1.165, 1.54) is 5.56 Å². The number of urea groups is 1. The Morgan fingerprint density at radius 1 is 0.933 bits per heavy atom. The van der Waals surface area contributed by atoms with Gasteiger partial charge in [0.2, 0.25) is 0 Å². The molecule has 0 aliphatic heterocycles. The van der Waals surface area contributed by atoms with Crippen LogP contribution in [-0.4, -0.2) is 23.0 Å². The summed E-state index contributed by atoms with van der Waals surface area (Å²) in [6.45, 7) is 3.78. The van der Waals surface area contributed by atoms with Crippen LogP contribution in [0.4, 0.5) is 16.2 Å². The van der Waals surface area contributed by atoms with E-state index in [1.807, 2.05) is 56.4 Å². The number of carbonyl (C=O) groups excluding carboxylic acids is 2. The van der Waals surface area contributed by atoms with Crippen LogP contribution in [0.2, 0.25) is 0 Å². The van der Waals surface area contributed by atoms with Crippen molar-refractivity contribution in [2.75, 3.05) is 10.6 Å². The van der Waals surface area contributed by atoms with Crippen molar-refractivity contribution in [3.8, 4) is 0 Å². The predicted molar refractivity (Wildman–Crippen MR) is 122 cm³/mol. The summed E-state index contributed by atoms with van der Waals surface area (Å²) in [6, 6.07) is 18.2. The van der Waals surface area contributed by atoms with Gasteiger partial charge in [0.05, 0.1) is 0 Å². The minimum Gasteiger partial charge on any atom is -0.336 e. The van der Waals surface area contributed by atoms with Gasteiger partial charge in [0.1, 0.15) is 0 Å². The summed E-state index contributed by atoms with van der Waals surface area (Å²) in [6.07, 6.45) is 3.62. The van der Waals surface area contributed by atoms with Crippen molar-refractivity contribution in [1.29, 1.82) is 0 Å². The molecule has 0 atom stereocenters. The van der Waals surface area contributed by atoms with Crippen LogP contribution in [0, 0.1) is 0 Å². The first kappa shape index (κ1) is 21.4. The van der Waals surface area contributed by atoms with Crippen molar-refractivity contribution in [3.05, 3.63) is 84.2 Å². The van der Waals surface area contributed by atoms with E-state index < -0.39 is 0 Å². The lowest BCUT2D eigenvalue weighted by Crippen LogP contribution is -2.34. The van der Waals surface area contributed by atoms with E-state index in [9.17, 15) is 9.59 Å². The van der Waals surface area contributed by atoms with E-state index in [2.05, 4.69) is 20.9 Å². The van der Waals surface area contributed by atoms with E-state index in [1.54, 1.807) is 42.2 Å². The predicted octanol–water partition coefficient (Wildman–Crippen LogP) is 5.16. The molecule has 3 rings (SSSR count). The molecule has 0 saturated heterocycles. The lowest BCUT2D eigenvalue weighted by atomic mass is 10.2. The van der Waals surface area contributed by atoms with Crippen LogP contribution < -0.4 is 16.0 Å². The minimum atomic E-state index is -0.274. The van der Waals surface area contributed by atoms with Gasteiger partial charge in [0, 0.05) is 46.0 Å². The van der Waals surface area contributed by atoms with Crippen LogP contribution in [0.1, 0.15) is 29.8 Å². The Hall–Kier alpha value is -3.32. The highest BCUT2D eigenvalue weighted by molar-refractivity contribution is 7.98. The molecule has 7 heteroatoms. The number of benzene rings is 2. The Kier molecular flexibility index (Phi) is 7.45. The second kappa shape index (κ2) is 10.5. The standard InChI is InChI=1S/C23H24N4O2S/c1-16(2)25-23(29)27-20-7-5-18(6-8-20)22(28)26-19-9-11-21(12-10-19)30-15-17-4-3-13-24-14-17/h3-14,16H,15H2,1-2H3,(H,26,28)(H2,25,27,29). The molecule has 1 aromatic heterocycles. The van der Waals surface area contributed by atoms with Crippen LogP contribution in [0.5, 0.6) is 0 Å². The summed E-state index contributed by atoms with van der Waals surface area (Å²) >= 11 is 1.72. The van der Waals surface area contributed by atoms with Crippen molar-refractivity contribution in [2.45, 2.75) is 30.5 Å². The summed E-state index contributed by atoms with van der Waals surface area (Å²) in [4.78, 5) is 29.4. The third-order valence-electron chi connectivity index (χ3n) is 4.07. The molecule has 0 spiro atoms. The zero-order valence-corrected chi connectivity index (χ0v) is 17.7. The maximum absolute atomic E-state index is 12.5. The fourth-order valence-electron chi connectivity index (χ4n) is 2.62. The first-order chi connectivity index (χ1) is 14.5. The average molecular weight is 421 g/mol. The monoisotopic (exact) mass is 420 g/mol. The van der Waals surface area contributed by atoms with Gasteiger partial charge >= 0.3 is 6.03 Å². The highest BCUT2D eigenvalue weighted by Gasteiger charge is 2.08. The van der Waals surface area contributed by atoms with E-state index in [-0.39, 0.29) is 18.0 Å². The van der Waals surface area contributed by atoms with Crippen LogP contribution in [-0.2, 0) is 5.75 Å². The molecule has 3 amide bonds. The van der Waals surface area contributed by atoms with E-state index in [0.29, 0.717) is 11.3 Å². The first-order valence-electron chi connectivity index (χ1n) is 9.60. The lowest BCUT2D eigenvalue weighted by Gasteiger charge is -2.11. The quantitative estimate of drug-likeness (QED) is 0.461. The molecule has 0 unspecified atom stereocenters. The number of rotatable bonds is 7. The third kappa shape index (κ3) is 6.63. The second-order valence-electron chi connectivity index (χ2n) is 6.96. The zero-order chi connectivity index (χ0) is 21.3. The average Bonchev–Trinajstić information content (AvgIpc) is 2.74. The van der Waals surface area contributed by atoms with Gasteiger partial charge < -0.3 is 16.0 Å². The molecule has 0 saturated carbocycles. The van der Waals surface area contributed by atoms with Gasteiger partial charge in [-0.1, -0.05) is 6.07 Å². The zero-order valence-electron chi connectivity index (χ0n) is 16.9. The molecule has 30 heavy (non-hydrogen) atoms. The van der Waals surface area contributed by atoms with Gasteiger partial charge in [-0.25, -0.2) is 4.79 Å². The van der Waals surface area contributed by atoms with Crippen molar-refractivity contribution in [3.63, 3.8) is 0 Å². The molecule has 2 aromatic carbocycles. The number of pyridine rings is 1. The van der Waals surface area contributed by atoms with Gasteiger partial charge in [-0.3, -0.25) is 9.78 Å². The Bertz CT molecular complexity index is 974. The fraction of sp³-hybridized carbons (Fsp3) is 0.174. The van der Waals surface area contributed by atoms with Crippen molar-refractivity contribution in [2.24, 2.45) is 0 Å². The molecule has 0 aliphatic rings. The first-order valence-corrected chi connectivity index (χ1v) is 10.6. The molecule has 0 radical (unpaired) electrons. The SMILES string of the molecule is CC(C)NC(=O)Nc1ccc(C(=O)Nc2ccc(SCc3cccnc3)cc2)cc1. The molecule has 3 aromatic rings. The number of hydrogen-bond donors (Lipinski definition) is 3. The Balaban J connectivity index is 1.52. The number of hydrogen-bond acceptors (Lipinski definition) is 4. The maximum Gasteiger partial charge on any atom is 0.319 e. The van der Waals surface area contributed by atoms with Gasteiger partial charge in [-0.2, -0.15) is 0 Å². The number of carbonyl (C=O) groups is 2. The number of anilines is 2. The van der Waals surface area contributed by atoms with Gasteiger partial charge in [-0.15, -0.1) is 11.8 Å². The van der Waals surface area contributed by atoms with Crippen LogP contribution in [0.3, 0.4) is 0 Å². The normalized spacial score (nSPS) is 10.5. The van der Waals surface area contributed by atoms with Crippen molar-refractivity contribution < 1.29 is 9.59 Å². The van der Waals surface area contributed by atoms with Crippen molar-refractivity contribution >= 4 is 35.1 Å². The lowest BCUT2D eigenvalue weighted by molar-refractivity contribution is 0.102. The second-order valence-corrected chi connectivity index (χ2v) is 8.01. The number of nitrogens with one attached hydrogen (secondary N) is 3. The van der Waals surface area contributed by atoms with Gasteiger partial charge in [0.15, 0.2) is 0 Å². The molecule has 1 heterocycles. The Morgan fingerprint density at radius 2 is 1.60 bits per heavy atom. The van der Waals surface area contributed by atoms with Crippen LogP contribution >= 0.6 is 11.8 Å². The smallest absolute Gasteiger partial charge is 0.319 e. The summed E-state index contributed by atoms with van der Waals surface area (Å²) in [5.74, 6) is 0.638. The fourth-order valence-corrected chi connectivity index (χ4v) is 3.45. The summed E-state index contributed by atoms with van der Waals surface area (Å²) in [5.41, 5.74) is 3.03. The number of thioether (sulfide) groups is 1. The Labute approximate surface area is 180 Å². The molecule has 0 fully saturated rings. The summed E-state index contributed by atoms with van der Waals surface area (Å²) in [5, 5.41) is 8.37. The number of nitrogens with zero attached hydrogens (tertiary/aromatic N) is 1. The largest absolute Gasteiger partial charge is 0.336 e. The highest BCUT2D eigenvalue weighted by Crippen LogP contribution is 2.24. The van der Waals surface area contributed by atoms with E-state index in [4.69, 9.17) is 0 Å². The van der Waals surface area contributed by atoms with Crippen LogP contribution in [0.15, 0.2) is 78.0 Å². The molecular weight excluding hydrogens is 396 g/mol. The topological polar surface area (TPSA) is 83.1 Å². The van der Waals surface area contributed by atoms with Crippen LogP contribution in [0.25, 0.3) is 0 Å². The molecule has 0 aliphatic carbocycles. The molecular formula is C23H24N4O2S.